The molecule has 0 radical (unpaired) electrons. The van der Waals surface area contributed by atoms with E-state index < -0.39 is 0 Å². The summed E-state index contributed by atoms with van der Waals surface area (Å²) in [6.45, 7) is 11.4. The van der Waals surface area contributed by atoms with Crippen LogP contribution in [0.2, 0.25) is 5.02 Å². The summed E-state index contributed by atoms with van der Waals surface area (Å²) < 4.78 is 0. The third-order valence-corrected chi connectivity index (χ3v) is 7.23. The van der Waals surface area contributed by atoms with Crippen LogP contribution in [0.25, 0.3) is 0 Å². The number of hydrogen-bond acceptors (Lipinski definition) is 4. The first-order valence-corrected chi connectivity index (χ1v) is 12.1. The lowest BCUT2D eigenvalue weighted by molar-refractivity contribution is -0.144. The number of pyridine rings is 1. The second-order valence-corrected chi connectivity index (χ2v) is 10.2. The normalized spacial score (nSPS) is 23.2. The zero-order chi connectivity index (χ0) is 23.7. The molecule has 0 spiro atoms. The number of rotatable bonds is 5. The van der Waals surface area contributed by atoms with E-state index in [-0.39, 0.29) is 17.9 Å². The van der Waals surface area contributed by atoms with Gasteiger partial charge in [0, 0.05) is 60.7 Å². The number of nitrogens with one attached hydrogen (secondary N) is 1. The first-order valence-electron chi connectivity index (χ1n) is 11.8. The quantitative estimate of drug-likeness (QED) is 0.691. The highest BCUT2D eigenvalue weighted by Crippen LogP contribution is 2.35. The predicted octanol–water partition coefficient (Wildman–Crippen LogP) is 4.68. The van der Waals surface area contributed by atoms with Crippen molar-refractivity contribution in [1.29, 1.82) is 0 Å². The maximum Gasteiger partial charge on any atom is 0.257 e. The average Bonchev–Trinajstić information content (AvgIpc) is 2.75. The Kier molecular flexibility index (Phi) is 7.05. The second kappa shape index (κ2) is 9.82. The van der Waals surface area contributed by atoms with E-state index in [1.807, 2.05) is 26.0 Å². The van der Waals surface area contributed by atoms with Crippen molar-refractivity contribution in [1.82, 2.24) is 14.8 Å². The van der Waals surface area contributed by atoms with Gasteiger partial charge in [0.15, 0.2) is 0 Å². The van der Waals surface area contributed by atoms with E-state index in [2.05, 4.69) is 33.9 Å². The summed E-state index contributed by atoms with van der Waals surface area (Å²) in [5.74, 6) is 1.03. The van der Waals surface area contributed by atoms with Crippen molar-refractivity contribution in [3.8, 4) is 0 Å². The van der Waals surface area contributed by atoms with Crippen molar-refractivity contribution in [3.63, 3.8) is 0 Å². The standard InChI is InChI=1S/C26H33ClN4O2/c1-16-9-21(10-16)26(33)31-8-7-30(14-18(31)3)15-22-11-23(27)12-24(19(22)4)29-25(32)20-6-5-17(2)28-13-20/h5-6,11-13,16,18,21H,7-10,14-15H2,1-4H3,(H,29,32). The van der Waals surface area contributed by atoms with Crippen LogP contribution >= 0.6 is 11.6 Å². The van der Waals surface area contributed by atoms with Crippen molar-refractivity contribution in [2.45, 2.75) is 53.1 Å². The smallest absolute Gasteiger partial charge is 0.257 e. The topological polar surface area (TPSA) is 65.5 Å². The van der Waals surface area contributed by atoms with Gasteiger partial charge in [-0.3, -0.25) is 19.5 Å². The van der Waals surface area contributed by atoms with E-state index in [1.54, 1.807) is 18.3 Å². The summed E-state index contributed by atoms with van der Waals surface area (Å²) in [5, 5.41) is 3.58. The summed E-state index contributed by atoms with van der Waals surface area (Å²) in [4.78, 5) is 34.2. The Balaban J connectivity index is 1.41. The average molecular weight is 469 g/mol. The van der Waals surface area contributed by atoms with Gasteiger partial charge in [0.1, 0.15) is 0 Å². The number of halogens is 1. The number of benzene rings is 1. The summed E-state index contributed by atoms with van der Waals surface area (Å²) >= 11 is 6.42. The Bertz CT molecular complexity index is 1030. The van der Waals surface area contributed by atoms with E-state index in [9.17, 15) is 9.59 Å². The summed E-state index contributed by atoms with van der Waals surface area (Å²) in [7, 11) is 0. The summed E-state index contributed by atoms with van der Waals surface area (Å²) in [5.41, 5.74) is 4.18. The van der Waals surface area contributed by atoms with Crippen molar-refractivity contribution in [2.75, 3.05) is 25.0 Å². The highest BCUT2D eigenvalue weighted by atomic mass is 35.5. The molecule has 7 heteroatoms. The lowest BCUT2D eigenvalue weighted by atomic mass is 9.75. The zero-order valence-electron chi connectivity index (χ0n) is 19.9. The van der Waals surface area contributed by atoms with Crippen molar-refractivity contribution < 1.29 is 9.59 Å². The fourth-order valence-corrected chi connectivity index (χ4v) is 5.15. The van der Waals surface area contributed by atoms with E-state index in [0.717, 1.165) is 55.8 Å². The first kappa shape index (κ1) is 23.7. The fourth-order valence-electron chi connectivity index (χ4n) is 4.91. The molecule has 1 aliphatic carbocycles. The van der Waals surface area contributed by atoms with Crippen LogP contribution in [-0.2, 0) is 11.3 Å². The summed E-state index contributed by atoms with van der Waals surface area (Å²) in [6.07, 6.45) is 3.64. The molecule has 4 rings (SSSR count). The minimum atomic E-state index is -0.204. The van der Waals surface area contributed by atoms with E-state index in [0.29, 0.717) is 28.1 Å². The number of amides is 2. The van der Waals surface area contributed by atoms with Crippen LogP contribution in [0.1, 0.15) is 53.9 Å². The largest absolute Gasteiger partial charge is 0.337 e. The number of carbonyl (C=O) groups excluding carboxylic acids is 2. The molecule has 1 unspecified atom stereocenters. The molecule has 2 aromatic rings. The van der Waals surface area contributed by atoms with Gasteiger partial charge in [-0.25, -0.2) is 0 Å². The molecule has 1 aromatic carbocycles. The number of piperazine rings is 1. The van der Waals surface area contributed by atoms with E-state index in [1.165, 1.54) is 0 Å². The van der Waals surface area contributed by atoms with Gasteiger partial charge in [0.05, 0.1) is 5.56 Å². The Morgan fingerprint density at radius 2 is 1.91 bits per heavy atom. The highest BCUT2D eigenvalue weighted by Gasteiger charge is 2.37. The van der Waals surface area contributed by atoms with Gasteiger partial charge >= 0.3 is 0 Å². The van der Waals surface area contributed by atoms with Crippen molar-refractivity contribution in [3.05, 3.63) is 57.9 Å². The monoisotopic (exact) mass is 468 g/mol. The molecule has 2 fully saturated rings. The SMILES string of the molecule is Cc1ccc(C(=O)Nc2cc(Cl)cc(CN3CCN(C(=O)C4CC(C)C4)C(C)C3)c2C)cn1. The van der Waals surface area contributed by atoms with Crippen LogP contribution in [0, 0.1) is 25.7 Å². The second-order valence-electron chi connectivity index (χ2n) is 9.77. The first-order chi connectivity index (χ1) is 15.7. The van der Waals surface area contributed by atoms with Gasteiger partial charge < -0.3 is 10.2 Å². The lowest BCUT2D eigenvalue weighted by Crippen LogP contribution is -2.56. The van der Waals surface area contributed by atoms with Crippen molar-refractivity contribution >= 4 is 29.1 Å². The Morgan fingerprint density at radius 3 is 2.55 bits per heavy atom. The van der Waals surface area contributed by atoms with Gasteiger partial charge in [-0.15, -0.1) is 0 Å². The van der Waals surface area contributed by atoms with E-state index in [4.69, 9.17) is 11.6 Å². The van der Waals surface area contributed by atoms with Crippen LogP contribution in [0.4, 0.5) is 5.69 Å². The van der Waals surface area contributed by atoms with E-state index >= 15 is 0 Å². The third kappa shape index (κ3) is 5.39. The molecule has 1 aromatic heterocycles. The number of carbonyl (C=O) groups is 2. The zero-order valence-corrected chi connectivity index (χ0v) is 20.7. The molecule has 6 nitrogen and oxygen atoms in total. The van der Waals surface area contributed by atoms with Crippen LogP contribution in [0.5, 0.6) is 0 Å². The highest BCUT2D eigenvalue weighted by molar-refractivity contribution is 6.31. The number of nitrogens with zero attached hydrogens (tertiary/aromatic N) is 3. The maximum atomic E-state index is 12.8. The molecule has 2 aliphatic rings. The minimum absolute atomic E-state index is 0.190. The molecule has 0 bridgehead atoms. The van der Waals surface area contributed by atoms with Gasteiger partial charge in [0.2, 0.25) is 5.91 Å². The maximum absolute atomic E-state index is 12.8. The van der Waals surface area contributed by atoms with Gasteiger partial charge in [0.25, 0.3) is 5.91 Å². The molecule has 1 saturated carbocycles. The molecule has 33 heavy (non-hydrogen) atoms. The minimum Gasteiger partial charge on any atom is -0.337 e. The van der Waals surface area contributed by atoms with Crippen LogP contribution in [0.3, 0.4) is 0 Å². The van der Waals surface area contributed by atoms with Gasteiger partial charge in [-0.05, 0) is 74.9 Å². The molecule has 1 saturated heterocycles. The molecule has 1 aliphatic heterocycles. The van der Waals surface area contributed by atoms with Crippen LogP contribution in [-0.4, -0.2) is 52.3 Å². The Labute approximate surface area is 201 Å². The van der Waals surface area contributed by atoms with Crippen LogP contribution in [0.15, 0.2) is 30.5 Å². The summed E-state index contributed by atoms with van der Waals surface area (Å²) in [6, 6.07) is 7.54. The molecular formula is C26H33ClN4O2. The van der Waals surface area contributed by atoms with Gasteiger partial charge in [-0.1, -0.05) is 18.5 Å². The predicted molar refractivity (Wildman–Crippen MR) is 131 cm³/mol. The molecule has 1 atom stereocenters. The number of hydrogen-bond donors (Lipinski definition) is 1. The Hall–Kier alpha value is -2.44. The molecule has 2 amide bonds. The molecule has 1 N–H and O–H groups in total. The van der Waals surface area contributed by atoms with Gasteiger partial charge in [-0.2, -0.15) is 0 Å². The number of aromatic nitrogens is 1. The molecular weight excluding hydrogens is 436 g/mol. The molecule has 176 valence electrons. The molecule has 2 heterocycles. The third-order valence-electron chi connectivity index (χ3n) is 7.01. The fraction of sp³-hybridized carbons (Fsp3) is 0.500. The Morgan fingerprint density at radius 1 is 1.15 bits per heavy atom. The van der Waals surface area contributed by atoms with Crippen LogP contribution < -0.4 is 5.32 Å². The number of anilines is 1. The van der Waals surface area contributed by atoms with Crippen molar-refractivity contribution in [2.24, 2.45) is 11.8 Å². The number of aryl methyl sites for hydroxylation is 1. The lowest BCUT2D eigenvalue weighted by Gasteiger charge is -2.44.